The SMILES string of the molecule is CC(Nc1c(F)c(F)c(F)c(F)c1F)C1CCCCC1. The molecule has 0 radical (unpaired) electrons. The molecule has 1 atom stereocenters. The summed E-state index contributed by atoms with van der Waals surface area (Å²) >= 11 is 0. The minimum absolute atomic E-state index is 0.179. The van der Waals surface area contributed by atoms with Crippen molar-refractivity contribution >= 4 is 5.69 Å². The molecule has 20 heavy (non-hydrogen) atoms. The molecule has 1 aromatic rings. The zero-order valence-corrected chi connectivity index (χ0v) is 11.1. The largest absolute Gasteiger partial charge is 0.377 e. The molecular formula is C14H16F5N. The van der Waals surface area contributed by atoms with Crippen LogP contribution in [0, 0.1) is 35.0 Å². The topological polar surface area (TPSA) is 12.0 Å². The Morgan fingerprint density at radius 2 is 1.25 bits per heavy atom. The van der Waals surface area contributed by atoms with Crippen molar-refractivity contribution in [1.82, 2.24) is 0 Å². The number of rotatable bonds is 3. The Kier molecular flexibility index (Phi) is 4.50. The van der Waals surface area contributed by atoms with Gasteiger partial charge < -0.3 is 5.32 Å². The molecule has 0 aliphatic heterocycles. The average molecular weight is 293 g/mol. The monoisotopic (exact) mass is 293 g/mol. The lowest BCUT2D eigenvalue weighted by Gasteiger charge is -2.29. The second kappa shape index (κ2) is 5.97. The molecule has 0 bridgehead atoms. The van der Waals surface area contributed by atoms with Crippen LogP contribution in [-0.4, -0.2) is 6.04 Å². The van der Waals surface area contributed by atoms with Crippen LogP contribution in [-0.2, 0) is 0 Å². The van der Waals surface area contributed by atoms with Crippen molar-refractivity contribution in [3.8, 4) is 0 Å². The van der Waals surface area contributed by atoms with Crippen LogP contribution < -0.4 is 5.32 Å². The van der Waals surface area contributed by atoms with Crippen molar-refractivity contribution in [3.05, 3.63) is 29.1 Å². The third-order valence-corrected chi connectivity index (χ3v) is 3.94. The van der Waals surface area contributed by atoms with Crippen LogP contribution in [0.2, 0.25) is 0 Å². The molecule has 6 heteroatoms. The highest BCUT2D eigenvalue weighted by molar-refractivity contribution is 5.48. The molecule has 0 saturated heterocycles. The van der Waals surface area contributed by atoms with Gasteiger partial charge in [-0.15, -0.1) is 0 Å². The summed E-state index contributed by atoms with van der Waals surface area (Å²) in [5, 5.41) is 2.46. The van der Waals surface area contributed by atoms with E-state index in [9.17, 15) is 22.0 Å². The average Bonchev–Trinajstić information content (AvgIpc) is 2.48. The molecule has 1 aliphatic rings. The van der Waals surface area contributed by atoms with Crippen LogP contribution in [0.3, 0.4) is 0 Å². The van der Waals surface area contributed by atoms with E-state index < -0.39 is 34.8 Å². The number of halogens is 5. The van der Waals surface area contributed by atoms with E-state index in [1.807, 2.05) is 0 Å². The number of anilines is 1. The van der Waals surface area contributed by atoms with Gasteiger partial charge in [0.15, 0.2) is 23.3 Å². The van der Waals surface area contributed by atoms with Crippen molar-refractivity contribution in [3.63, 3.8) is 0 Å². The highest BCUT2D eigenvalue weighted by Crippen LogP contribution is 2.31. The molecule has 1 nitrogen and oxygen atoms in total. The van der Waals surface area contributed by atoms with Gasteiger partial charge >= 0.3 is 0 Å². The summed E-state index contributed by atoms with van der Waals surface area (Å²) in [4.78, 5) is 0. The van der Waals surface area contributed by atoms with E-state index in [0.29, 0.717) is 0 Å². The molecule has 1 aliphatic carbocycles. The van der Waals surface area contributed by atoms with E-state index in [1.165, 1.54) is 0 Å². The third kappa shape index (κ3) is 2.74. The molecule has 1 fully saturated rings. The maximum Gasteiger partial charge on any atom is 0.200 e. The number of hydrogen-bond acceptors (Lipinski definition) is 1. The predicted molar refractivity (Wildman–Crippen MR) is 65.9 cm³/mol. The van der Waals surface area contributed by atoms with Crippen LogP contribution in [0.4, 0.5) is 27.6 Å². The van der Waals surface area contributed by atoms with Gasteiger partial charge in [-0.05, 0) is 25.7 Å². The normalized spacial score (nSPS) is 18.1. The minimum atomic E-state index is -2.13. The van der Waals surface area contributed by atoms with E-state index in [1.54, 1.807) is 6.92 Å². The zero-order chi connectivity index (χ0) is 14.9. The van der Waals surface area contributed by atoms with Crippen LogP contribution in [0.15, 0.2) is 0 Å². The standard InChI is InChI=1S/C14H16F5N/c1-7(8-5-3-2-4-6-8)20-14-12(18)10(16)9(15)11(17)13(14)19/h7-8,20H,2-6H2,1H3. The van der Waals surface area contributed by atoms with Gasteiger partial charge in [-0.25, -0.2) is 22.0 Å². The number of nitrogens with one attached hydrogen (secondary N) is 1. The lowest BCUT2D eigenvalue weighted by Crippen LogP contribution is -2.29. The number of benzene rings is 1. The van der Waals surface area contributed by atoms with Gasteiger partial charge in [-0.1, -0.05) is 19.3 Å². The zero-order valence-electron chi connectivity index (χ0n) is 11.1. The van der Waals surface area contributed by atoms with Gasteiger partial charge in [0.05, 0.1) is 0 Å². The highest BCUT2D eigenvalue weighted by Gasteiger charge is 2.28. The predicted octanol–water partition coefficient (Wildman–Crippen LogP) is 4.76. The van der Waals surface area contributed by atoms with E-state index in [4.69, 9.17) is 0 Å². The first kappa shape index (κ1) is 15.1. The summed E-state index contributed by atoms with van der Waals surface area (Å²) in [6.45, 7) is 1.70. The maximum atomic E-state index is 13.5. The second-order valence-electron chi connectivity index (χ2n) is 5.28. The summed E-state index contributed by atoms with van der Waals surface area (Å²) in [5.74, 6) is -9.38. The van der Waals surface area contributed by atoms with Crippen LogP contribution >= 0.6 is 0 Å². The lowest BCUT2D eigenvalue weighted by atomic mass is 9.84. The first-order valence-corrected chi connectivity index (χ1v) is 6.71. The summed E-state index contributed by atoms with van der Waals surface area (Å²) in [7, 11) is 0. The van der Waals surface area contributed by atoms with Crippen LogP contribution in [0.1, 0.15) is 39.0 Å². The van der Waals surface area contributed by atoms with E-state index in [-0.39, 0.29) is 12.0 Å². The van der Waals surface area contributed by atoms with Crippen molar-refractivity contribution < 1.29 is 22.0 Å². The molecule has 1 saturated carbocycles. The van der Waals surface area contributed by atoms with Gasteiger partial charge in [-0.3, -0.25) is 0 Å². The molecule has 0 aromatic heterocycles. The Morgan fingerprint density at radius 3 is 1.75 bits per heavy atom. The molecule has 0 amide bonds. The van der Waals surface area contributed by atoms with Crippen molar-refractivity contribution in [2.24, 2.45) is 5.92 Å². The van der Waals surface area contributed by atoms with E-state index >= 15 is 0 Å². The highest BCUT2D eigenvalue weighted by atomic mass is 19.2. The van der Waals surface area contributed by atoms with E-state index in [2.05, 4.69) is 5.32 Å². The first-order valence-electron chi connectivity index (χ1n) is 6.71. The summed E-state index contributed by atoms with van der Waals surface area (Å²) < 4.78 is 66.2. The third-order valence-electron chi connectivity index (χ3n) is 3.94. The molecule has 1 N–H and O–H groups in total. The molecule has 2 rings (SSSR count). The quantitative estimate of drug-likeness (QED) is 0.481. The van der Waals surface area contributed by atoms with Gasteiger partial charge in [0.25, 0.3) is 0 Å². The van der Waals surface area contributed by atoms with Gasteiger partial charge in [-0.2, -0.15) is 0 Å². The van der Waals surface area contributed by atoms with Gasteiger partial charge in [0, 0.05) is 6.04 Å². The van der Waals surface area contributed by atoms with Crippen molar-refractivity contribution in [2.75, 3.05) is 5.32 Å². The van der Waals surface area contributed by atoms with Crippen molar-refractivity contribution in [2.45, 2.75) is 45.1 Å². The fourth-order valence-corrected chi connectivity index (χ4v) is 2.71. The summed E-state index contributed by atoms with van der Waals surface area (Å²) in [6.07, 6.45) is 4.94. The smallest absolute Gasteiger partial charge is 0.200 e. The minimum Gasteiger partial charge on any atom is -0.377 e. The summed E-state index contributed by atoms with van der Waals surface area (Å²) in [6, 6.07) is -0.344. The maximum absolute atomic E-state index is 13.5. The molecule has 1 unspecified atom stereocenters. The Balaban J connectivity index is 2.24. The van der Waals surface area contributed by atoms with Crippen LogP contribution in [0.5, 0.6) is 0 Å². The molecule has 0 spiro atoms. The lowest BCUT2D eigenvalue weighted by molar-refractivity contribution is 0.325. The Morgan fingerprint density at radius 1 is 0.800 bits per heavy atom. The Bertz CT molecular complexity index is 468. The second-order valence-corrected chi connectivity index (χ2v) is 5.28. The summed E-state index contributed by atoms with van der Waals surface area (Å²) in [5.41, 5.74) is -0.931. The number of hydrogen-bond donors (Lipinski definition) is 1. The Labute approximate surface area is 114 Å². The fourth-order valence-electron chi connectivity index (χ4n) is 2.71. The van der Waals surface area contributed by atoms with Gasteiger partial charge in [0.1, 0.15) is 5.69 Å². The van der Waals surface area contributed by atoms with Crippen molar-refractivity contribution in [1.29, 1.82) is 0 Å². The molecule has 0 heterocycles. The first-order chi connectivity index (χ1) is 9.43. The molecular weight excluding hydrogens is 277 g/mol. The molecule has 1 aromatic carbocycles. The van der Waals surface area contributed by atoms with Crippen LogP contribution in [0.25, 0.3) is 0 Å². The van der Waals surface area contributed by atoms with Gasteiger partial charge in [0.2, 0.25) is 5.82 Å². The van der Waals surface area contributed by atoms with E-state index in [0.717, 1.165) is 32.1 Å². The molecule has 112 valence electrons. The Hall–Kier alpha value is -1.33. The fraction of sp³-hybridized carbons (Fsp3) is 0.571.